The van der Waals surface area contributed by atoms with Gasteiger partial charge in [0.15, 0.2) is 0 Å². The van der Waals surface area contributed by atoms with E-state index in [1.165, 1.54) is 50.7 Å². The lowest BCUT2D eigenvalue weighted by Gasteiger charge is -2.44. The molecule has 2 atom stereocenters. The second-order valence-corrected chi connectivity index (χ2v) is 25.5. The first-order chi connectivity index (χ1) is 38.7. The van der Waals surface area contributed by atoms with E-state index in [4.69, 9.17) is 27.9 Å². The van der Waals surface area contributed by atoms with Crippen molar-refractivity contribution in [3.8, 4) is 0 Å². The number of nitrogens with one attached hydrogen (secondary N) is 2. The van der Waals surface area contributed by atoms with Crippen molar-refractivity contribution in [2.45, 2.75) is 47.6 Å². The van der Waals surface area contributed by atoms with Crippen LogP contribution in [0.2, 0.25) is 10.0 Å². The van der Waals surface area contributed by atoms with E-state index in [2.05, 4.69) is 25.1 Å². The summed E-state index contributed by atoms with van der Waals surface area (Å²) in [4.78, 5) is 90.7. The Morgan fingerprint density at radius 1 is 0.617 bits per heavy atom. The quantitative estimate of drug-likeness (QED) is 0.158. The van der Waals surface area contributed by atoms with Crippen molar-refractivity contribution in [1.82, 2.24) is 52.8 Å². The number of rotatable bonds is 12. The van der Waals surface area contributed by atoms with Crippen LogP contribution in [0.1, 0.15) is 25.7 Å². The topological polar surface area (TPSA) is 290 Å². The van der Waals surface area contributed by atoms with Gasteiger partial charge in [-0.05, 0) is 86.1 Å². The van der Waals surface area contributed by atoms with E-state index in [-0.39, 0.29) is 64.8 Å². The summed E-state index contributed by atoms with van der Waals surface area (Å²) in [5.74, 6) is -0.888. The number of sulfonamides is 2. The predicted octanol–water partition coefficient (Wildman–Crippen LogP) is 2.01. The largest absolute Gasteiger partial charge is 0.480 e. The number of piperidine rings is 2. The van der Waals surface area contributed by atoms with Crippen molar-refractivity contribution in [3.63, 3.8) is 0 Å². The standard InChI is InChI=1S/C28H34ClN7O6S.C24H27ClN6O6S/c1-32-26(37)5-4-25(31-32)33-8-6-19(7-9-33)16-36-24(28(39)34-10-12-42-13-11-34)17-35(18-27(36)38)43(40,41)20-2-3-21-22(29)15-30-23(21)14-20;1-28-22(32)5-4-21(27-28)29-8-6-15(7-9-29)12-31-20(24(34)35)13-30(14-23(31)33)38(36,37)16-2-3-17-18(25)11-26-19(17)10-16/h2-5,14-15,19,24,30H,6-13,16-18H2,1H3;2-5,10-11,15,20,26H,6-9,12-14H2,1H3,(H,34,35)/t24-;/m0./s1. The molecule has 5 fully saturated rings. The van der Waals surface area contributed by atoms with Crippen molar-refractivity contribution in [3.05, 3.63) is 104 Å². The number of hydrogen-bond acceptors (Lipinski definition) is 15. The monoisotopic (exact) mass is 1190 g/mol. The maximum absolute atomic E-state index is 13.8. The minimum absolute atomic E-state index is 0.0248. The van der Waals surface area contributed by atoms with E-state index in [1.54, 1.807) is 60.6 Å². The third-order valence-corrected chi connectivity index (χ3v) is 20.1. The fourth-order valence-corrected chi connectivity index (χ4v) is 14.4. The number of ether oxygens (including phenoxy) is 1. The molecule has 0 aliphatic carbocycles. The zero-order chi connectivity index (χ0) is 57.5. The number of nitrogens with zero attached hydrogens (tertiary/aromatic N) is 11. The molecule has 2 aromatic carbocycles. The van der Waals surface area contributed by atoms with Gasteiger partial charge in [-0.25, -0.2) is 31.0 Å². The number of aryl methyl sites for hydroxylation is 2. The number of amides is 3. The van der Waals surface area contributed by atoms with Crippen LogP contribution >= 0.6 is 23.2 Å². The highest BCUT2D eigenvalue weighted by Gasteiger charge is 2.46. The van der Waals surface area contributed by atoms with Crippen LogP contribution < -0.4 is 20.9 Å². The Kier molecular flexibility index (Phi) is 16.7. The molecule has 81 heavy (non-hydrogen) atoms. The number of carboxylic acid groups (broad SMARTS) is 1. The number of morpholine rings is 1. The van der Waals surface area contributed by atoms with Gasteiger partial charge in [0.25, 0.3) is 11.1 Å². The van der Waals surface area contributed by atoms with Gasteiger partial charge in [0.05, 0.1) is 46.1 Å². The highest BCUT2D eigenvalue weighted by Crippen LogP contribution is 2.32. The van der Waals surface area contributed by atoms with E-state index >= 15 is 0 Å². The molecule has 25 nitrogen and oxygen atoms in total. The second-order valence-electron chi connectivity index (χ2n) is 20.9. The molecule has 5 aliphatic heterocycles. The fourth-order valence-electron chi connectivity index (χ4n) is 11.1. The molecule has 5 aliphatic rings. The van der Waals surface area contributed by atoms with Crippen molar-refractivity contribution in [1.29, 1.82) is 0 Å². The fraction of sp³-hybridized carbons (Fsp3) is 0.462. The number of fused-ring (bicyclic) bond motifs is 2. The summed E-state index contributed by atoms with van der Waals surface area (Å²) in [7, 11) is -5.01. The number of aliphatic carboxylic acids is 1. The molecular formula is C52H61Cl2N13O12S2. The first-order valence-electron chi connectivity index (χ1n) is 26.5. The van der Waals surface area contributed by atoms with Gasteiger partial charge in [-0.3, -0.25) is 24.0 Å². The van der Waals surface area contributed by atoms with Crippen LogP contribution in [0.5, 0.6) is 0 Å². The average molecular weight is 1200 g/mol. The molecule has 9 heterocycles. The lowest BCUT2D eigenvalue weighted by Crippen LogP contribution is -2.64. The van der Waals surface area contributed by atoms with Gasteiger partial charge in [-0.1, -0.05) is 23.2 Å². The molecule has 0 radical (unpaired) electrons. The van der Waals surface area contributed by atoms with Gasteiger partial charge in [0, 0.05) is 126 Å². The summed E-state index contributed by atoms with van der Waals surface area (Å²) in [6, 6.07) is 13.1. The van der Waals surface area contributed by atoms with Gasteiger partial charge in [0.1, 0.15) is 23.7 Å². The summed E-state index contributed by atoms with van der Waals surface area (Å²) in [5, 5.41) is 20.8. The summed E-state index contributed by atoms with van der Waals surface area (Å²) in [6.07, 6.45) is 6.05. The number of H-pyrrole nitrogens is 2. The highest BCUT2D eigenvalue weighted by molar-refractivity contribution is 7.89. The Morgan fingerprint density at radius 3 is 1.46 bits per heavy atom. The minimum Gasteiger partial charge on any atom is -0.480 e. The van der Waals surface area contributed by atoms with Crippen LogP contribution in [0.25, 0.3) is 21.8 Å². The van der Waals surface area contributed by atoms with Crippen LogP contribution in [-0.2, 0) is 58.1 Å². The van der Waals surface area contributed by atoms with E-state index in [9.17, 15) is 50.7 Å². The normalized spacial score (nSPS) is 20.5. The van der Waals surface area contributed by atoms with E-state index in [1.807, 2.05) is 4.90 Å². The maximum Gasteiger partial charge on any atom is 0.327 e. The van der Waals surface area contributed by atoms with Gasteiger partial charge in [-0.15, -0.1) is 0 Å². The summed E-state index contributed by atoms with van der Waals surface area (Å²) >= 11 is 12.3. The number of benzene rings is 2. The van der Waals surface area contributed by atoms with Gasteiger partial charge in [-0.2, -0.15) is 18.8 Å². The SMILES string of the molecule is Cn1nc(N2CCC(CN3C(=O)CN(S(=O)(=O)c4ccc5c(Cl)c[nH]c5c4)CC3C(=O)O)CC2)ccc1=O.Cn1nc(N2CCC(CN3C(=O)CN(S(=O)(=O)c4ccc5c(Cl)c[nH]c5c4)C[C@H]3C(=O)N3CCOCC3)CC2)ccc1=O. The zero-order valence-electron chi connectivity index (χ0n) is 44.4. The number of anilines is 2. The number of aromatic nitrogens is 6. The Hall–Kier alpha value is -6.88. The maximum atomic E-state index is 13.8. The molecule has 432 valence electrons. The van der Waals surface area contributed by atoms with E-state index in [0.29, 0.717) is 110 Å². The third-order valence-electron chi connectivity index (χ3n) is 15.8. The summed E-state index contributed by atoms with van der Waals surface area (Å²) in [5.41, 5.74) is 0.715. The number of aromatic amines is 2. The van der Waals surface area contributed by atoms with Gasteiger partial charge >= 0.3 is 5.97 Å². The minimum atomic E-state index is -4.12. The molecule has 11 rings (SSSR count). The molecule has 3 amide bonds. The molecular weight excluding hydrogens is 1130 g/mol. The van der Waals surface area contributed by atoms with Crippen molar-refractivity contribution < 1.29 is 45.9 Å². The van der Waals surface area contributed by atoms with Crippen LogP contribution in [0.4, 0.5) is 11.6 Å². The Morgan fingerprint density at radius 2 is 1.04 bits per heavy atom. The number of halogens is 2. The number of carbonyl (C=O) groups is 4. The van der Waals surface area contributed by atoms with Crippen LogP contribution in [0, 0.1) is 11.8 Å². The molecule has 4 aromatic heterocycles. The predicted molar refractivity (Wildman–Crippen MR) is 299 cm³/mol. The Balaban J connectivity index is 0.000000183. The molecule has 0 bridgehead atoms. The lowest BCUT2D eigenvalue weighted by molar-refractivity contribution is -0.154. The Labute approximate surface area is 475 Å². The molecule has 5 saturated heterocycles. The van der Waals surface area contributed by atoms with Crippen molar-refractivity contribution >= 4 is 100 Å². The van der Waals surface area contributed by atoms with Crippen LogP contribution in [0.15, 0.2) is 92.4 Å². The van der Waals surface area contributed by atoms with Gasteiger partial charge in [0.2, 0.25) is 37.8 Å². The zero-order valence-corrected chi connectivity index (χ0v) is 47.5. The average Bonchev–Trinajstić information content (AvgIpc) is 4.05. The Bertz CT molecular complexity index is 3740. The number of carboxylic acids is 1. The van der Waals surface area contributed by atoms with Gasteiger partial charge < -0.3 is 44.3 Å². The smallest absolute Gasteiger partial charge is 0.327 e. The van der Waals surface area contributed by atoms with E-state index < -0.39 is 56.5 Å². The van der Waals surface area contributed by atoms with Crippen molar-refractivity contribution in [2.24, 2.45) is 25.9 Å². The summed E-state index contributed by atoms with van der Waals surface area (Å²) in [6.45, 7) is 3.55. The molecule has 3 N–H and O–H groups in total. The molecule has 1 unspecified atom stereocenters. The van der Waals surface area contributed by atoms with Crippen LogP contribution in [-0.4, -0.2) is 202 Å². The second kappa shape index (κ2) is 23.5. The summed E-state index contributed by atoms with van der Waals surface area (Å²) < 4.78 is 64.3. The van der Waals surface area contributed by atoms with Crippen LogP contribution in [0.3, 0.4) is 0 Å². The number of piperazine rings is 2. The highest BCUT2D eigenvalue weighted by atomic mass is 35.5. The molecule has 0 spiro atoms. The third kappa shape index (κ3) is 12.1. The first-order valence-corrected chi connectivity index (χ1v) is 30.1. The first kappa shape index (κ1) is 57.4. The lowest BCUT2D eigenvalue weighted by atomic mass is 9.95. The molecule has 6 aromatic rings. The molecule has 29 heteroatoms. The van der Waals surface area contributed by atoms with E-state index in [0.717, 1.165) is 27.3 Å². The number of hydrogen-bond donors (Lipinski definition) is 3. The molecule has 0 saturated carbocycles. The van der Waals surface area contributed by atoms with Crippen molar-refractivity contribution in [2.75, 3.05) is 102 Å². The number of carbonyl (C=O) groups excluding carboxylic acids is 3.